The quantitative estimate of drug-likeness (QED) is 0.411. The van der Waals surface area contributed by atoms with Crippen molar-refractivity contribution in [2.75, 3.05) is 20.6 Å². The minimum atomic E-state index is -3.98. The number of nitrogens with zero attached hydrogens (tertiary/aromatic N) is 2. The van der Waals surface area contributed by atoms with E-state index in [2.05, 4.69) is 0 Å². The predicted molar refractivity (Wildman–Crippen MR) is 123 cm³/mol. The molecule has 6 heteroatoms. The number of hydrogen-bond donors (Lipinski definition) is 0. The van der Waals surface area contributed by atoms with E-state index in [4.69, 9.17) is 0 Å². The summed E-state index contributed by atoms with van der Waals surface area (Å²) in [6.45, 7) is 0.689. The molecule has 0 spiro atoms. The molecular weight excluding hydrogens is 408 g/mol. The molecule has 5 nitrogen and oxygen atoms in total. The van der Waals surface area contributed by atoms with E-state index in [0.717, 1.165) is 10.9 Å². The zero-order valence-electron chi connectivity index (χ0n) is 17.5. The zero-order valence-corrected chi connectivity index (χ0v) is 18.3. The third kappa shape index (κ3) is 3.92. The Balaban J connectivity index is 2.06. The second-order valence-electron chi connectivity index (χ2n) is 7.68. The van der Waals surface area contributed by atoms with E-state index in [0.29, 0.717) is 24.0 Å². The Bertz CT molecular complexity index is 1330. The first-order valence-corrected chi connectivity index (χ1v) is 11.5. The van der Waals surface area contributed by atoms with Crippen LogP contribution < -0.4 is 0 Å². The smallest absolute Gasteiger partial charge is 0.268 e. The maximum atomic E-state index is 13.8. The molecule has 0 atom stereocenters. The number of rotatable bonds is 7. The maximum Gasteiger partial charge on any atom is 0.268 e. The molecule has 0 N–H and O–H groups in total. The van der Waals surface area contributed by atoms with Gasteiger partial charge in [0.2, 0.25) is 5.78 Å². The fourth-order valence-corrected chi connectivity index (χ4v) is 5.33. The van der Waals surface area contributed by atoms with E-state index in [1.165, 1.54) is 3.97 Å². The van der Waals surface area contributed by atoms with Gasteiger partial charge in [-0.3, -0.25) is 4.79 Å². The molecule has 0 unspecified atom stereocenters. The number of fused-ring (bicyclic) bond motifs is 1. The second kappa shape index (κ2) is 8.49. The summed E-state index contributed by atoms with van der Waals surface area (Å²) in [6.07, 6.45) is 0.554. The average Bonchev–Trinajstić information content (AvgIpc) is 3.13. The van der Waals surface area contributed by atoms with Gasteiger partial charge >= 0.3 is 0 Å². The van der Waals surface area contributed by atoms with Crippen LogP contribution in [0.1, 0.15) is 21.6 Å². The van der Waals surface area contributed by atoms with Gasteiger partial charge in [0.05, 0.1) is 10.4 Å². The van der Waals surface area contributed by atoms with Crippen molar-refractivity contribution in [1.82, 2.24) is 8.87 Å². The molecule has 3 aromatic carbocycles. The number of aromatic nitrogens is 1. The lowest BCUT2D eigenvalue weighted by Gasteiger charge is -2.14. The second-order valence-corrected chi connectivity index (χ2v) is 9.46. The van der Waals surface area contributed by atoms with E-state index in [1.54, 1.807) is 66.7 Å². The molecule has 0 amide bonds. The molecule has 0 saturated heterocycles. The molecule has 0 aliphatic rings. The number of carbonyl (C=O) groups is 1. The minimum Gasteiger partial charge on any atom is -0.309 e. The van der Waals surface area contributed by atoms with Crippen LogP contribution in [0.15, 0.2) is 89.8 Å². The summed E-state index contributed by atoms with van der Waals surface area (Å²) in [4.78, 5) is 15.9. The highest BCUT2D eigenvalue weighted by atomic mass is 32.2. The molecule has 0 radical (unpaired) electrons. The molecule has 0 aliphatic heterocycles. The minimum absolute atomic E-state index is 0.150. The number of likely N-dealkylation sites (N-methyl/N-ethyl adjacent to an activating group) is 1. The SMILES string of the molecule is CN(C)CCc1c(C(=O)c2ccccc2)n(S(=O)(=O)c2ccccc2)c2ccccc12. The number of para-hydroxylation sites is 1. The largest absolute Gasteiger partial charge is 0.309 e. The highest BCUT2D eigenvalue weighted by molar-refractivity contribution is 7.90. The molecule has 1 aromatic heterocycles. The van der Waals surface area contributed by atoms with Gasteiger partial charge in [-0.25, -0.2) is 12.4 Å². The van der Waals surface area contributed by atoms with Crippen molar-refractivity contribution in [1.29, 1.82) is 0 Å². The van der Waals surface area contributed by atoms with E-state index < -0.39 is 10.0 Å². The van der Waals surface area contributed by atoms with Gasteiger partial charge in [0.1, 0.15) is 5.69 Å². The first kappa shape index (κ1) is 21.0. The molecule has 0 aliphatic carbocycles. The van der Waals surface area contributed by atoms with E-state index in [-0.39, 0.29) is 16.4 Å². The van der Waals surface area contributed by atoms with Gasteiger partial charge in [0.15, 0.2) is 0 Å². The summed E-state index contributed by atoms with van der Waals surface area (Å²) in [7, 11) is -0.0709. The van der Waals surface area contributed by atoms with Crippen LogP contribution in [0.25, 0.3) is 10.9 Å². The number of carbonyl (C=O) groups excluding carboxylic acids is 1. The highest BCUT2D eigenvalue weighted by Crippen LogP contribution is 2.32. The number of hydrogen-bond acceptors (Lipinski definition) is 4. The van der Waals surface area contributed by atoms with Crippen molar-refractivity contribution >= 4 is 26.7 Å². The van der Waals surface area contributed by atoms with E-state index in [1.807, 2.05) is 37.2 Å². The Kier molecular flexibility index (Phi) is 5.76. The van der Waals surface area contributed by atoms with Gasteiger partial charge in [0.25, 0.3) is 10.0 Å². The Hall–Kier alpha value is -3.22. The van der Waals surface area contributed by atoms with Crippen molar-refractivity contribution in [3.05, 3.63) is 102 Å². The van der Waals surface area contributed by atoms with Crippen LogP contribution in [0.5, 0.6) is 0 Å². The predicted octanol–water partition coefficient (Wildman–Crippen LogP) is 4.21. The number of ketones is 1. The van der Waals surface area contributed by atoms with Gasteiger partial charge < -0.3 is 4.90 Å². The van der Waals surface area contributed by atoms with E-state index >= 15 is 0 Å². The van der Waals surface area contributed by atoms with Crippen LogP contribution in [0.4, 0.5) is 0 Å². The summed E-state index contributed by atoms with van der Waals surface area (Å²) in [5.74, 6) is -0.301. The molecule has 4 aromatic rings. The van der Waals surface area contributed by atoms with Crippen LogP contribution in [0.3, 0.4) is 0 Å². The van der Waals surface area contributed by atoms with Gasteiger partial charge in [-0.1, -0.05) is 66.7 Å². The van der Waals surface area contributed by atoms with Crippen molar-refractivity contribution in [3.8, 4) is 0 Å². The third-order valence-electron chi connectivity index (χ3n) is 5.28. The molecule has 4 rings (SSSR count). The summed E-state index contributed by atoms with van der Waals surface area (Å²) in [6, 6.07) is 24.4. The molecule has 1 heterocycles. The van der Waals surface area contributed by atoms with Crippen LogP contribution in [0.2, 0.25) is 0 Å². The van der Waals surface area contributed by atoms with Crippen molar-refractivity contribution in [2.24, 2.45) is 0 Å². The topological polar surface area (TPSA) is 59.4 Å². The zero-order chi connectivity index (χ0) is 22.0. The molecule has 0 saturated carbocycles. The third-order valence-corrected chi connectivity index (χ3v) is 7.01. The average molecular weight is 433 g/mol. The van der Waals surface area contributed by atoms with Gasteiger partial charge in [-0.15, -0.1) is 0 Å². The van der Waals surface area contributed by atoms with Gasteiger partial charge in [-0.2, -0.15) is 0 Å². The molecule has 158 valence electrons. The lowest BCUT2D eigenvalue weighted by Crippen LogP contribution is -2.21. The Morgan fingerprint density at radius 2 is 1.42 bits per heavy atom. The maximum absolute atomic E-state index is 13.8. The van der Waals surface area contributed by atoms with Crippen LogP contribution >= 0.6 is 0 Å². The fraction of sp³-hybridized carbons (Fsp3) is 0.160. The van der Waals surface area contributed by atoms with Gasteiger partial charge in [0, 0.05) is 17.5 Å². The molecule has 0 fully saturated rings. The highest BCUT2D eigenvalue weighted by Gasteiger charge is 2.30. The lowest BCUT2D eigenvalue weighted by atomic mass is 10.0. The summed E-state index contributed by atoms with van der Waals surface area (Å²) >= 11 is 0. The van der Waals surface area contributed by atoms with Crippen molar-refractivity contribution in [3.63, 3.8) is 0 Å². The molecular formula is C25H24N2O3S. The van der Waals surface area contributed by atoms with Gasteiger partial charge in [-0.05, 0) is 44.3 Å². The van der Waals surface area contributed by atoms with E-state index in [9.17, 15) is 13.2 Å². The molecule has 31 heavy (non-hydrogen) atoms. The Labute approximate surface area is 182 Å². The fourth-order valence-electron chi connectivity index (χ4n) is 3.77. The van der Waals surface area contributed by atoms with Crippen LogP contribution in [-0.2, 0) is 16.4 Å². The van der Waals surface area contributed by atoms with Crippen LogP contribution in [-0.4, -0.2) is 43.7 Å². The lowest BCUT2D eigenvalue weighted by molar-refractivity contribution is 0.103. The van der Waals surface area contributed by atoms with Crippen molar-refractivity contribution < 1.29 is 13.2 Å². The standard InChI is InChI=1S/C25H24N2O3S/c1-26(2)18-17-22-21-15-9-10-16-23(21)27(31(29,30)20-13-7-4-8-14-20)24(22)25(28)19-11-5-3-6-12-19/h3-16H,17-18H2,1-2H3. The van der Waals surface area contributed by atoms with Crippen LogP contribution in [0, 0.1) is 0 Å². The van der Waals surface area contributed by atoms with Crippen molar-refractivity contribution in [2.45, 2.75) is 11.3 Å². The molecule has 0 bridgehead atoms. The number of benzene rings is 3. The Morgan fingerprint density at radius 3 is 2.06 bits per heavy atom. The Morgan fingerprint density at radius 1 is 0.839 bits per heavy atom. The first-order chi connectivity index (χ1) is 14.9. The summed E-state index contributed by atoms with van der Waals surface area (Å²) in [5, 5.41) is 0.781. The monoisotopic (exact) mass is 432 g/mol. The summed E-state index contributed by atoms with van der Waals surface area (Å²) < 4.78 is 28.7. The first-order valence-electron chi connectivity index (χ1n) is 10.1. The normalized spacial score (nSPS) is 11.8. The summed E-state index contributed by atoms with van der Waals surface area (Å²) in [5.41, 5.74) is 1.93.